The summed E-state index contributed by atoms with van der Waals surface area (Å²) in [5.74, 6) is -2.27. The topological polar surface area (TPSA) is 78.8 Å². The average Bonchev–Trinajstić information content (AvgIpc) is 2.91. The Morgan fingerprint density at radius 3 is 2.35 bits per heavy atom. The zero-order chi connectivity index (χ0) is 31.3. The molecule has 0 bridgehead atoms. The number of aryl methyl sites for hydroxylation is 2. The lowest BCUT2D eigenvalue weighted by molar-refractivity contribution is -0.160. The van der Waals surface area contributed by atoms with Crippen LogP contribution < -0.4 is 9.80 Å². The van der Waals surface area contributed by atoms with Gasteiger partial charge in [-0.15, -0.1) is 0 Å². The van der Waals surface area contributed by atoms with Crippen LogP contribution in [0.3, 0.4) is 0 Å². The summed E-state index contributed by atoms with van der Waals surface area (Å²) in [6, 6.07) is 7.10. The first-order chi connectivity index (χ1) is 20.1. The SMILES string of the molecule is Cc1nc(C)c(C(OC(C)(C)C)C(=O)O)c(N2CCC(C)(C)CC2)c1-c1ccc2c(c1)CCN(c1ncc(F)cc1F)C2. The van der Waals surface area contributed by atoms with Crippen LogP contribution in [-0.2, 0) is 22.5 Å². The van der Waals surface area contributed by atoms with Gasteiger partial charge in [0.1, 0.15) is 5.82 Å². The second-order valence-corrected chi connectivity index (χ2v) is 13.6. The summed E-state index contributed by atoms with van der Waals surface area (Å²) in [5, 5.41) is 10.4. The lowest BCUT2D eigenvalue weighted by atomic mass is 9.81. The number of ether oxygens (including phenoxy) is 1. The summed E-state index contributed by atoms with van der Waals surface area (Å²) in [6.07, 6.45) is 2.49. The number of hydrogen-bond donors (Lipinski definition) is 1. The highest BCUT2D eigenvalue weighted by Gasteiger charge is 2.36. The van der Waals surface area contributed by atoms with E-state index in [0.29, 0.717) is 30.8 Å². The summed E-state index contributed by atoms with van der Waals surface area (Å²) in [5.41, 5.74) is 6.54. The number of benzene rings is 1. The number of piperidine rings is 1. The average molecular weight is 593 g/mol. The van der Waals surface area contributed by atoms with Crippen molar-refractivity contribution < 1.29 is 23.4 Å². The van der Waals surface area contributed by atoms with Crippen molar-refractivity contribution in [3.05, 3.63) is 70.2 Å². The molecule has 9 heteroatoms. The van der Waals surface area contributed by atoms with Gasteiger partial charge in [-0.25, -0.2) is 18.6 Å². The molecule has 1 saturated heterocycles. The molecule has 1 atom stereocenters. The fraction of sp³-hybridized carbons (Fsp3) is 0.500. The maximum Gasteiger partial charge on any atom is 0.337 e. The van der Waals surface area contributed by atoms with E-state index in [4.69, 9.17) is 9.72 Å². The highest BCUT2D eigenvalue weighted by Crippen LogP contribution is 2.45. The Labute approximate surface area is 252 Å². The number of nitrogens with zero attached hydrogens (tertiary/aromatic N) is 4. The molecule has 1 unspecified atom stereocenters. The molecule has 1 N–H and O–H groups in total. The Morgan fingerprint density at radius 2 is 1.72 bits per heavy atom. The summed E-state index contributed by atoms with van der Waals surface area (Å²) in [4.78, 5) is 25.8. The fourth-order valence-corrected chi connectivity index (χ4v) is 6.28. The van der Waals surface area contributed by atoms with Gasteiger partial charge in [-0.2, -0.15) is 0 Å². The summed E-state index contributed by atoms with van der Waals surface area (Å²) >= 11 is 0. The molecular weight excluding hydrogens is 550 g/mol. The minimum Gasteiger partial charge on any atom is -0.479 e. The second-order valence-electron chi connectivity index (χ2n) is 13.6. The van der Waals surface area contributed by atoms with E-state index in [1.54, 1.807) is 0 Å². The molecule has 230 valence electrons. The van der Waals surface area contributed by atoms with Crippen molar-refractivity contribution in [2.45, 2.75) is 86.0 Å². The Hall–Kier alpha value is -3.59. The Morgan fingerprint density at radius 1 is 1.02 bits per heavy atom. The Bertz CT molecular complexity index is 1540. The van der Waals surface area contributed by atoms with Gasteiger partial charge in [0.2, 0.25) is 0 Å². The molecule has 0 spiro atoms. The molecule has 2 aliphatic rings. The first kappa shape index (κ1) is 30.9. The Balaban J connectivity index is 1.61. The molecule has 0 aliphatic carbocycles. The van der Waals surface area contributed by atoms with Crippen LogP contribution in [0.25, 0.3) is 11.1 Å². The van der Waals surface area contributed by atoms with Crippen LogP contribution in [0.15, 0.2) is 30.5 Å². The van der Waals surface area contributed by atoms with Crippen LogP contribution in [0.4, 0.5) is 20.3 Å². The van der Waals surface area contributed by atoms with Crippen LogP contribution in [0, 0.1) is 30.9 Å². The van der Waals surface area contributed by atoms with Crippen molar-refractivity contribution in [2.24, 2.45) is 5.41 Å². The highest BCUT2D eigenvalue weighted by atomic mass is 19.1. The van der Waals surface area contributed by atoms with Crippen molar-refractivity contribution >= 4 is 17.5 Å². The quantitative estimate of drug-likeness (QED) is 0.325. The van der Waals surface area contributed by atoms with Crippen molar-refractivity contribution in [1.82, 2.24) is 9.97 Å². The minimum atomic E-state index is -1.18. The zero-order valence-corrected chi connectivity index (χ0v) is 26.2. The van der Waals surface area contributed by atoms with Gasteiger partial charge in [0, 0.05) is 54.8 Å². The van der Waals surface area contributed by atoms with E-state index in [-0.39, 0.29) is 11.2 Å². The molecule has 7 nitrogen and oxygen atoms in total. The summed E-state index contributed by atoms with van der Waals surface area (Å²) in [6.45, 7) is 16.6. The number of carbonyl (C=O) groups is 1. The lowest BCUT2D eigenvalue weighted by Gasteiger charge is -2.41. The van der Waals surface area contributed by atoms with E-state index in [9.17, 15) is 18.7 Å². The molecule has 1 fully saturated rings. The fourth-order valence-electron chi connectivity index (χ4n) is 6.28. The van der Waals surface area contributed by atoms with Crippen LogP contribution >= 0.6 is 0 Å². The van der Waals surface area contributed by atoms with Gasteiger partial charge in [-0.3, -0.25) is 4.98 Å². The van der Waals surface area contributed by atoms with Crippen LogP contribution in [0.1, 0.15) is 81.6 Å². The number of halogens is 2. The maximum absolute atomic E-state index is 14.5. The predicted molar refractivity (Wildman–Crippen MR) is 164 cm³/mol. The lowest BCUT2D eigenvalue weighted by Crippen LogP contribution is -2.39. The van der Waals surface area contributed by atoms with E-state index in [1.807, 2.05) is 51.7 Å². The van der Waals surface area contributed by atoms with Gasteiger partial charge in [0.05, 0.1) is 17.5 Å². The summed E-state index contributed by atoms with van der Waals surface area (Å²) < 4.78 is 34.2. The number of rotatable bonds is 6. The Kier molecular flexibility index (Phi) is 8.24. The first-order valence-electron chi connectivity index (χ1n) is 15.0. The van der Waals surface area contributed by atoms with Gasteiger partial charge in [0.15, 0.2) is 17.7 Å². The molecular formula is C34H42F2N4O3. The molecule has 4 heterocycles. The van der Waals surface area contributed by atoms with E-state index < -0.39 is 29.3 Å². The predicted octanol–water partition coefficient (Wildman–Crippen LogP) is 7.17. The van der Waals surface area contributed by atoms with Crippen LogP contribution in [-0.4, -0.2) is 46.3 Å². The van der Waals surface area contributed by atoms with E-state index in [0.717, 1.165) is 71.8 Å². The number of aliphatic carboxylic acids is 1. The smallest absolute Gasteiger partial charge is 0.337 e. The van der Waals surface area contributed by atoms with E-state index >= 15 is 0 Å². The van der Waals surface area contributed by atoms with Crippen LogP contribution in [0.5, 0.6) is 0 Å². The van der Waals surface area contributed by atoms with Crippen molar-refractivity contribution in [2.75, 3.05) is 29.4 Å². The second kappa shape index (κ2) is 11.5. The van der Waals surface area contributed by atoms with Gasteiger partial charge >= 0.3 is 5.97 Å². The van der Waals surface area contributed by atoms with Gasteiger partial charge < -0.3 is 19.6 Å². The largest absolute Gasteiger partial charge is 0.479 e. The maximum atomic E-state index is 14.5. The highest BCUT2D eigenvalue weighted by molar-refractivity contribution is 5.88. The number of aromatic nitrogens is 2. The third kappa shape index (κ3) is 6.51. The molecule has 5 rings (SSSR count). The molecule has 0 radical (unpaired) electrons. The molecule has 1 aromatic carbocycles. The number of hydrogen-bond acceptors (Lipinski definition) is 6. The van der Waals surface area contributed by atoms with Crippen LogP contribution in [0.2, 0.25) is 0 Å². The van der Waals surface area contributed by atoms with Gasteiger partial charge in [0.25, 0.3) is 0 Å². The first-order valence-corrected chi connectivity index (χ1v) is 15.0. The number of pyridine rings is 2. The molecule has 0 saturated carbocycles. The molecule has 2 aliphatic heterocycles. The number of carboxylic acids is 1. The van der Waals surface area contributed by atoms with E-state index in [1.165, 1.54) is 0 Å². The minimum absolute atomic E-state index is 0.146. The van der Waals surface area contributed by atoms with Crippen molar-refractivity contribution in [3.63, 3.8) is 0 Å². The van der Waals surface area contributed by atoms with Crippen molar-refractivity contribution in [3.8, 4) is 11.1 Å². The van der Waals surface area contributed by atoms with Crippen molar-refractivity contribution in [1.29, 1.82) is 0 Å². The molecule has 3 aromatic rings. The number of carboxylic acid groups (broad SMARTS) is 1. The van der Waals surface area contributed by atoms with Gasteiger partial charge in [-0.1, -0.05) is 32.0 Å². The van der Waals surface area contributed by atoms with E-state index in [2.05, 4.69) is 29.8 Å². The molecule has 43 heavy (non-hydrogen) atoms. The third-order valence-corrected chi connectivity index (χ3v) is 8.57. The molecule has 2 aromatic heterocycles. The third-order valence-electron chi connectivity index (χ3n) is 8.57. The number of anilines is 2. The summed E-state index contributed by atoms with van der Waals surface area (Å²) in [7, 11) is 0. The monoisotopic (exact) mass is 592 g/mol. The molecule has 0 amide bonds. The normalized spacial score (nSPS) is 17.5. The standard InChI is InChI=1S/C34H42F2N4O3/c1-20-27(23-8-9-24-19-40(13-10-22(24)16-23)31-26(36)17-25(35)18-37-31)29(39-14-11-34(6,7)12-15-39)28(21(2)38-20)30(32(41)42)43-33(3,4)5/h8-9,16-18,30H,10-15,19H2,1-7H3,(H,41,42). The van der Waals surface area contributed by atoms with Gasteiger partial charge in [-0.05, 0) is 76.0 Å². The zero-order valence-electron chi connectivity index (χ0n) is 26.2. The number of fused-ring (bicyclic) bond motifs is 1.